The fourth-order valence-corrected chi connectivity index (χ4v) is 4.94. The lowest BCUT2D eigenvalue weighted by molar-refractivity contribution is -0.142. The van der Waals surface area contributed by atoms with Crippen molar-refractivity contribution in [2.75, 3.05) is 20.3 Å². The Morgan fingerprint density at radius 2 is 2.00 bits per heavy atom. The number of nitrogens with zero attached hydrogens (tertiary/aromatic N) is 3. The number of methoxy groups -OCH3 is 1. The monoisotopic (exact) mass is 575 g/mol. The lowest BCUT2D eigenvalue weighted by Crippen LogP contribution is -2.25. The van der Waals surface area contributed by atoms with Gasteiger partial charge in [-0.05, 0) is 53.9 Å². The van der Waals surface area contributed by atoms with Crippen molar-refractivity contribution < 1.29 is 19.0 Å². The third-order valence-corrected chi connectivity index (χ3v) is 7.52. The van der Waals surface area contributed by atoms with E-state index in [4.69, 9.17) is 26.1 Å². The molecular formula is C26H27BrClN3O5. The van der Waals surface area contributed by atoms with E-state index < -0.39 is 5.97 Å². The topological polar surface area (TPSA) is 92.0 Å². The van der Waals surface area contributed by atoms with Crippen LogP contribution >= 0.6 is 27.5 Å². The SMILES string of the molecule is CCOc1cc(C=Nn2c(C3CCCCC3)nc3ccccc3c2=O)c(Br)c(Cl)c1OCC(=O)OC. The fourth-order valence-electron chi connectivity index (χ4n) is 4.28. The van der Waals surface area contributed by atoms with Gasteiger partial charge < -0.3 is 14.2 Å². The van der Waals surface area contributed by atoms with Gasteiger partial charge in [0.15, 0.2) is 18.1 Å². The second-order valence-corrected chi connectivity index (χ2v) is 9.57. The molecule has 1 aliphatic rings. The van der Waals surface area contributed by atoms with Crippen molar-refractivity contribution in [3.63, 3.8) is 0 Å². The highest BCUT2D eigenvalue weighted by Gasteiger charge is 2.23. The van der Waals surface area contributed by atoms with Gasteiger partial charge >= 0.3 is 5.97 Å². The zero-order valence-corrected chi connectivity index (χ0v) is 22.5. The van der Waals surface area contributed by atoms with E-state index in [-0.39, 0.29) is 28.9 Å². The molecule has 2 aromatic carbocycles. The molecule has 1 heterocycles. The van der Waals surface area contributed by atoms with Crippen molar-refractivity contribution >= 4 is 50.6 Å². The van der Waals surface area contributed by atoms with Crippen molar-refractivity contribution in [3.8, 4) is 11.5 Å². The molecule has 0 unspecified atom stereocenters. The lowest BCUT2D eigenvalue weighted by Gasteiger charge is -2.22. The summed E-state index contributed by atoms with van der Waals surface area (Å²) in [7, 11) is 1.28. The molecule has 1 aliphatic carbocycles. The molecule has 0 spiro atoms. The maximum atomic E-state index is 13.4. The van der Waals surface area contributed by atoms with E-state index in [9.17, 15) is 9.59 Å². The third-order valence-electron chi connectivity index (χ3n) is 6.08. The molecule has 190 valence electrons. The number of esters is 1. The molecule has 0 N–H and O–H groups in total. The van der Waals surface area contributed by atoms with Gasteiger partial charge in [-0.2, -0.15) is 9.78 Å². The molecule has 0 amide bonds. The Morgan fingerprint density at radius 3 is 2.72 bits per heavy atom. The fraction of sp³-hybridized carbons (Fsp3) is 0.385. The van der Waals surface area contributed by atoms with Crippen molar-refractivity contribution in [3.05, 3.63) is 61.6 Å². The first-order chi connectivity index (χ1) is 17.4. The van der Waals surface area contributed by atoms with Crippen LogP contribution in [0.1, 0.15) is 56.3 Å². The van der Waals surface area contributed by atoms with Crippen LogP contribution in [-0.2, 0) is 9.53 Å². The molecule has 0 atom stereocenters. The minimum atomic E-state index is -0.548. The largest absolute Gasteiger partial charge is 0.490 e. The number of hydrogen-bond donors (Lipinski definition) is 0. The van der Waals surface area contributed by atoms with Gasteiger partial charge in [0.25, 0.3) is 5.56 Å². The number of benzene rings is 2. The van der Waals surface area contributed by atoms with Gasteiger partial charge in [-0.1, -0.05) is 43.0 Å². The van der Waals surface area contributed by atoms with E-state index in [1.807, 2.05) is 25.1 Å². The number of hydrogen-bond acceptors (Lipinski definition) is 7. The maximum Gasteiger partial charge on any atom is 0.343 e. The lowest BCUT2D eigenvalue weighted by atomic mass is 9.88. The minimum Gasteiger partial charge on any atom is -0.490 e. The first-order valence-corrected chi connectivity index (χ1v) is 13.0. The minimum absolute atomic E-state index is 0.160. The zero-order chi connectivity index (χ0) is 25.7. The smallest absolute Gasteiger partial charge is 0.343 e. The van der Waals surface area contributed by atoms with E-state index >= 15 is 0 Å². The van der Waals surface area contributed by atoms with Gasteiger partial charge in [-0.25, -0.2) is 9.78 Å². The van der Waals surface area contributed by atoms with Crippen LogP contribution in [0.25, 0.3) is 10.9 Å². The van der Waals surface area contributed by atoms with Crippen LogP contribution in [-0.4, -0.2) is 42.2 Å². The molecule has 0 saturated heterocycles. The van der Waals surface area contributed by atoms with Crippen LogP contribution in [0.2, 0.25) is 5.02 Å². The van der Waals surface area contributed by atoms with E-state index in [2.05, 4.69) is 25.8 Å². The number of carbonyl (C=O) groups is 1. The summed E-state index contributed by atoms with van der Waals surface area (Å²) in [6.07, 6.45) is 6.87. The second-order valence-electron chi connectivity index (χ2n) is 8.40. The third kappa shape index (κ3) is 5.57. The Bertz CT molecular complexity index is 1350. The van der Waals surface area contributed by atoms with Crippen molar-refractivity contribution in [2.45, 2.75) is 44.9 Å². The Balaban J connectivity index is 1.78. The van der Waals surface area contributed by atoms with Crippen molar-refractivity contribution in [1.29, 1.82) is 0 Å². The summed E-state index contributed by atoms with van der Waals surface area (Å²) < 4.78 is 17.8. The average molecular weight is 577 g/mol. The number of aromatic nitrogens is 2. The first-order valence-electron chi connectivity index (χ1n) is 11.8. The summed E-state index contributed by atoms with van der Waals surface area (Å²) in [5.41, 5.74) is 1.02. The summed E-state index contributed by atoms with van der Waals surface area (Å²) in [4.78, 5) is 29.9. The standard InChI is InChI=1S/C26H27BrClN3O5/c1-3-35-20-13-17(22(27)23(28)24(20)36-15-21(32)34-2)14-29-31-25(16-9-5-4-6-10-16)30-19-12-8-7-11-18(19)26(31)33/h7-8,11-14,16H,3-6,9-10,15H2,1-2H3. The van der Waals surface area contributed by atoms with Gasteiger partial charge in [0, 0.05) is 16.0 Å². The average Bonchev–Trinajstić information content (AvgIpc) is 2.90. The quantitative estimate of drug-likeness (QED) is 0.253. The van der Waals surface area contributed by atoms with E-state index in [1.165, 1.54) is 18.2 Å². The zero-order valence-electron chi connectivity index (χ0n) is 20.1. The number of carbonyl (C=O) groups excluding carboxylic acids is 1. The van der Waals surface area contributed by atoms with Gasteiger partial charge in [0.1, 0.15) is 10.8 Å². The van der Waals surface area contributed by atoms with Crippen molar-refractivity contribution in [2.24, 2.45) is 5.10 Å². The van der Waals surface area contributed by atoms with Gasteiger partial charge in [-0.3, -0.25) is 4.79 Å². The molecule has 0 radical (unpaired) electrons. The molecular weight excluding hydrogens is 550 g/mol. The van der Waals surface area contributed by atoms with Gasteiger partial charge in [-0.15, -0.1) is 0 Å². The van der Waals surface area contributed by atoms with Crippen LogP contribution in [0.3, 0.4) is 0 Å². The van der Waals surface area contributed by atoms with Crippen LogP contribution in [0.15, 0.2) is 44.7 Å². The van der Waals surface area contributed by atoms with Crippen LogP contribution in [0.4, 0.5) is 0 Å². The molecule has 3 aromatic rings. The molecule has 36 heavy (non-hydrogen) atoms. The highest BCUT2D eigenvalue weighted by atomic mass is 79.9. The summed E-state index contributed by atoms with van der Waals surface area (Å²) >= 11 is 10.1. The molecule has 8 nitrogen and oxygen atoms in total. The molecule has 0 aliphatic heterocycles. The predicted octanol–water partition coefficient (Wildman–Crippen LogP) is 5.69. The Hall–Kier alpha value is -2.91. The van der Waals surface area contributed by atoms with Crippen LogP contribution in [0, 0.1) is 0 Å². The summed E-state index contributed by atoms with van der Waals surface area (Å²) in [5, 5.41) is 5.30. The van der Waals surface area contributed by atoms with Crippen molar-refractivity contribution in [1.82, 2.24) is 9.66 Å². The van der Waals surface area contributed by atoms with E-state index in [1.54, 1.807) is 18.3 Å². The first kappa shape index (κ1) is 26.2. The van der Waals surface area contributed by atoms with E-state index in [0.29, 0.717) is 39.1 Å². The highest BCUT2D eigenvalue weighted by molar-refractivity contribution is 9.10. The number of halogens is 2. The van der Waals surface area contributed by atoms with Crippen LogP contribution < -0.4 is 15.0 Å². The Morgan fingerprint density at radius 1 is 1.25 bits per heavy atom. The number of fused-ring (bicyclic) bond motifs is 1. The molecule has 1 aromatic heterocycles. The van der Waals surface area contributed by atoms with Crippen LogP contribution in [0.5, 0.6) is 11.5 Å². The predicted molar refractivity (Wildman–Crippen MR) is 143 cm³/mol. The second kappa shape index (κ2) is 11.9. The normalized spacial score (nSPS) is 14.3. The Labute approximate surface area is 222 Å². The summed E-state index contributed by atoms with van der Waals surface area (Å²) in [6, 6.07) is 9.00. The number of para-hydroxylation sites is 1. The molecule has 0 bridgehead atoms. The number of ether oxygens (including phenoxy) is 3. The van der Waals surface area contributed by atoms with Gasteiger partial charge in [0.05, 0.1) is 30.8 Å². The highest BCUT2D eigenvalue weighted by Crippen LogP contribution is 2.42. The maximum absolute atomic E-state index is 13.4. The molecule has 1 saturated carbocycles. The van der Waals surface area contributed by atoms with E-state index in [0.717, 1.165) is 25.7 Å². The summed E-state index contributed by atoms with van der Waals surface area (Å²) in [5.74, 6) is 0.829. The Kier molecular flexibility index (Phi) is 8.64. The molecule has 4 rings (SSSR count). The molecule has 10 heteroatoms. The molecule has 1 fully saturated rings. The number of rotatable bonds is 8. The van der Waals surface area contributed by atoms with Gasteiger partial charge in [0.2, 0.25) is 0 Å². The summed E-state index contributed by atoms with van der Waals surface area (Å²) in [6.45, 7) is 1.85.